The molecule has 0 saturated carbocycles. The number of hydrogen-bond acceptors (Lipinski definition) is 8. The second kappa shape index (κ2) is 9.80. The van der Waals surface area contributed by atoms with Crippen molar-refractivity contribution in [2.24, 2.45) is 0 Å². The zero-order valence-electron chi connectivity index (χ0n) is 19.3. The van der Waals surface area contributed by atoms with E-state index in [0.717, 1.165) is 49.1 Å². The number of hydrogen-bond donors (Lipinski definition) is 1. The van der Waals surface area contributed by atoms with E-state index in [2.05, 4.69) is 45.9 Å². The van der Waals surface area contributed by atoms with Gasteiger partial charge in [-0.3, -0.25) is 0 Å². The zero-order valence-corrected chi connectivity index (χ0v) is 21.8. The van der Waals surface area contributed by atoms with Gasteiger partial charge in [0.25, 0.3) is 0 Å². The first-order valence-electron chi connectivity index (χ1n) is 10.9. The first kappa shape index (κ1) is 23.5. The number of ether oxygens (including phenoxy) is 1. The fourth-order valence-electron chi connectivity index (χ4n) is 4.03. The summed E-state index contributed by atoms with van der Waals surface area (Å²) < 4.78 is 12.3. The van der Waals surface area contributed by atoms with E-state index in [4.69, 9.17) is 26.5 Å². The summed E-state index contributed by atoms with van der Waals surface area (Å²) in [5.74, 6) is 1.15. The highest BCUT2D eigenvalue weighted by Crippen LogP contribution is 2.36. The van der Waals surface area contributed by atoms with E-state index in [9.17, 15) is 4.79 Å². The highest BCUT2D eigenvalue weighted by Gasteiger charge is 2.24. The minimum atomic E-state index is -0.332. The number of carbonyl (C=O) groups is 1. The molecule has 7 nitrogen and oxygen atoms in total. The number of carbonyl (C=O) groups excluding carboxylic acids is 1. The van der Waals surface area contributed by atoms with Gasteiger partial charge in [0.05, 0.1) is 19.2 Å². The summed E-state index contributed by atoms with van der Waals surface area (Å²) in [5, 5.41) is 3.69. The van der Waals surface area contributed by atoms with Crippen LogP contribution in [-0.4, -0.2) is 38.5 Å². The SMILES string of the molecule is CCSc1nc2c(C)sc(C(=O)OC)c2n1Cc1ccc(-c2ccccc2-c2nc(=S)o[nH]2)cc1. The Bertz CT molecular complexity index is 1580. The van der Waals surface area contributed by atoms with E-state index < -0.39 is 0 Å². The number of methoxy groups -OCH3 is 1. The minimum Gasteiger partial charge on any atom is -0.465 e. The predicted molar refractivity (Wildman–Crippen MR) is 142 cm³/mol. The van der Waals surface area contributed by atoms with Crippen molar-refractivity contribution < 1.29 is 14.1 Å². The van der Waals surface area contributed by atoms with Crippen LogP contribution in [0.25, 0.3) is 33.5 Å². The Labute approximate surface area is 215 Å². The third kappa shape index (κ3) is 4.44. The molecule has 2 aromatic carbocycles. The van der Waals surface area contributed by atoms with Crippen LogP contribution in [0.3, 0.4) is 0 Å². The number of aryl methyl sites for hydroxylation is 1. The van der Waals surface area contributed by atoms with Gasteiger partial charge < -0.3 is 13.8 Å². The molecular formula is C25H22N4O3S3. The Kier molecular flexibility index (Phi) is 6.59. The van der Waals surface area contributed by atoms with Crippen molar-refractivity contribution in [1.29, 1.82) is 0 Å². The summed E-state index contributed by atoms with van der Waals surface area (Å²) >= 11 is 8.11. The molecule has 5 aromatic rings. The second-order valence-corrected chi connectivity index (χ2v) is 10.6. The number of nitrogens with one attached hydrogen (secondary N) is 1. The van der Waals surface area contributed by atoms with Crippen molar-refractivity contribution in [3.63, 3.8) is 0 Å². The number of benzene rings is 2. The molecule has 0 fully saturated rings. The summed E-state index contributed by atoms with van der Waals surface area (Å²) in [6.45, 7) is 4.68. The maximum atomic E-state index is 12.5. The van der Waals surface area contributed by atoms with E-state index in [0.29, 0.717) is 17.2 Å². The molecule has 10 heteroatoms. The summed E-state index contributed by atoms with van der Waals surface area (Å²) in [6.07, 6.45) is 0. The van der Waals surface area contributed by atoms with E-state index in [1.165, 1.54) is 18.4 Å². The fourth-order valence-corrected chi connectivity index (χ4v) is 5.91. The topological polar surface area (TPSA) is 85.9 Å². The minimum absolute atomic E-state index is 0.174. The van der Waals surface area contributed by atoms with Gasteiger partial charge in [-0.1, -0.05) is 67.2 Å². The Morgan fingerprint density at radius 3 is 2.57 bits per heavy atom. The van der Waals surface area contributed by atoms with Crippen LogP contribution < -0.4 is 0 Å². The summed E-state index contributed by atoms with van der Waals surface area (Å²) in [6, 6.07) is 16.3. The molecule has 0 unspecified atom stereocenters. The molecule has 0 bridgehead atoms. The van der Waals surface area contributed by atoms with Gasteiger partial charge in [0.2, 0.25) is 0 Å². The van der Waals surface area contributed by atoms with Crippen LogP contribution in [0.5, 0.6) is 0 Å². The number of esters is 1. The number of aromatic amines is 1. The molecule has 3 aromatic heterocycles. The number of rotatable bonds is 7. The molecule has 0 atom stereocenters. The van der Waals surface area contributed by atoms with Crippen molar-refractivity contribution >= 4 is 52.3 Å². The van der Waals surface area contributed by atoms with E-state index in [-0.39, 0.29) is 10.8 Å². The Morgan fingerprint density at radius 1 is 1.17 bits per heavy atom. The van der Waals surface area contributed by atoms with Crippen LogP contribution in [0, 0.1) is 11.8 Å². The molecule has 3 heterocycles. The fraction of sp³-hybridized carbons (Fsp3) is 0.200. The predicted octanol–water partition coefficient (Wildman–Crippen LogP) is 6.73. The standard InChI is InChI=1S/C25H22N4O3S3/c1-4-34-24-26-19-14(2)35-21(23(30)31-3)20(19)29(24)13-15-9-11-16(12-10-15)17-7-5-6-8-18(17)22-27-25(33)32-28-22/h5-12H,4,13H2,1-3H3,(H,27,28,33). The lowest BCUT2D eigenvalue weighted by molar-refractivity contribution is 0.0608. The van der Waals surface area contributed by atoms with Crippen molar-refractivity contribution in [1.82, 2.24) is 19.7 Å². The molecule has 0 aliphatic heterocycles. The van der Waals surface area contributed by atoms with Crippen molar-refractivity contribution in [3.05, 3.63) is 68.7 Å². The molecule has 178 valence electrons. The lowest BCUT2D eigenvalue weighted by Gasteiger charge is -2.11. The maximum absolute atomic E-state index is 12.5. The quantitative estimate of drug-likeness (QED) is 0.144. The average Bonchev–Trinajstić information content (AvgIpc) is 3.55. The molecule has 0 radical (unpaired) electrons. The first-order valence-corrected chi connectivity index (χ1v) is 13.2. The van der Waals surface area contributed by atoms with E-state index >= 15 is 0 Å². The number of imidazole rings is 1. The average molecular weight is 523 g/mol. The van der Waals surface area contributed by atoms with Crippen molar-refractivity contribution in [3.8, 4) is 22.5 Å². The largest absolute Gasteiger partial charge is 0.465 e. The van der Waals surface area contributed by atoms with Crippen LogP contribution in [0.2, 0.25) is 0 Å². The van der Waals surface area contributed by atoms with Gasteiger partial charge in [-0.2, -0.15) is 4.98 Å². The molecule has 0 aliphatic carbocycles. The highest BCUT2D eigenvalue weighted by atomic mass is 32.2. The van der Waals surface area contributed by atoms with Crippen LogP contribution >= 0.6 is 35.3 Å². The van der Waals surface area contributed by atoms with Gasteiger partial charge in [0.15, 0.2) is 11.0 Å². The number of fused-ring (bicyclic) bond motifs is 1. The van der Waals surface area contributed by atoms with Crippen LogP contribution in [0.4, 0.5) is 0 Å². The highest BCUT2D eigenvalue weighted by molar-refractivity contribution is 7.99. The number of thiophene rings is 1. The molecule has 0 spiro atoms. The van der Waals surface area contributed by atoms with Gasteiger partial charge in [0, 0.05) is 10.4 Å². The third-order valence-corrected chi connectivity index (χ3v) is 7.70. The second-order valence-electron chi connectivity index (χ2n) is 7.76. The number of thioether (sulfide) groups is 1. The van der Waals surface area contributed by atoms with Crippen LogP contribution in [0.1, 0.15) is 27.0 Å². The monoisotopic (exact) mass is 522 g/mol. The summed E-state index contributed by atoms with van der Waals surface area (Å²) in [4.78, 5) is 23.4. The van der Waals surface area contributed by atoms with E-state index in [1.807, 2.05) is 31.2 Å². The number of aromatic nitrogens is 4. The molecule has 1 N–H and O–H groups in total. The maximum Gasteiger partial charge on any atom is 0.350 e. The van der Waals surface area contributed by atoms with Crippen LogP contribution in [0.15, 0.2) is 58.2 Å². The Balaban J connectivity index is 1.53. The molecule has 35 heavy (non-hydrogen) atoms. The molecule has 0 amide bonds. The van der Waals surface area contributed by atoms with Gasteiger partial charge in [-0.25, -0.2) is 14.9 Å². The van der Waals surface area contributed by atoms with Crippen molar-refractivity contribution in [2.45, 2.75) is 25.5 Å². The normalized spacial score (nSPS) is 11.3. The zero-order chi connectivity index (χ0) is 24.5. The van der Waals surface area contributed by atoms with E-state index in [1.54, 1.807) is 11.8 Å². The Hall–Kier alpha value is -3.21. The van der Waals surface area contributed by atoms with Gasteiger partial charge in [-0.05, 0) is 41.6 Å². The molecular weight excluding hydrogens is 501 g/mol. The van der Waals surface area contributed by atoms with Crippen LogP contribution in [-0.2, 0) is 11.3 Å². The molecule has 0 saturated heterocycles. The van der Waals surface area contributed by atoms with Crippen molar-refractivity contribution in [2.75, 3.05) is 12.9 Å². The number of nitrogens with zero attached hydrogens (tertiary/aromatic N) is 3. The smallest absolute Gasteiger partial charge is 0.350 e. The lowest BCUT2D eigenvalue weighted by Crippen LogP contribution is -2.06. The molecule has 5 rings (SSSR count). The lowest BCUT2D eigenvalue weighted by atomic mass is 9.98. The molecule has 0 aliphatic rings. The van der Waals surface area contributed by atoms with Gasteiger partial charge in [0.1, 0.15) is 10.4 Å². The Morgan fingerprint density at radius 2 is 1.91 bits per heavy atom. The van der Waals surface area contributed by atoms with Gasteiger partial charge >= 0.3 is 10.8 Å². The summed E-state index contributed by atoms with van der Waals surface area (Å²) in [7, 11) is 1.41. The first-order chi connectivity index (χ1) is 17.0. The summed E-state index contributed by atoms with van der Waals surface area (Å²) in [5.41, 5.74) is 5.78. The third-order valence-electron chi connectivity index (χ3n) is 5.61. The number of H-pyrrole nitrogens is 1. The van der Waals surface area contributed by atoms with Gasteiger partial charge in [-0.15, -0.1) is 11.3 Å².